The molecular formula is C15H14N4OS. The number of amidine groups is 1. The minimum Gasteiger partial charge on any atom is -0.497 e. The largest absolute Gasteiger partial charge is 0.497 e. The highest BCUT2D eigenvalue weighted by Crippen LogP contribution is 2.15. The van der Waals surface area contributed by atoms with Crippen LogP contribution in [0.2, 0.25) is 0 Å². The SMILES string of the molecule is COc1cccc(CN=C(N)c2ccc3nsnc3c2)c1. The number of aromatic nitrogens is 2. The number of hydrogen-bond acceptors (Lipinski definition) is 5. The lowest BCUT2D eigenvalue weighted by molar-refractivity contribution is 0.414. The average Bonchev–Trinajstić information content (AvgIpc) is 3.00. The molecule has 0 saturated heterocycles. The fourth-order valence-corrected chi connectivity index (χ4v) is 2.50. The quantitative estimate of drug-likeness (QED) is 0.593. The van der Waals surface area contributed by atoms with Crippen LogP contribution in [0.4, 0.5) is 0 Å². The predicted octanol–water partition coefficient (Wildman–Crippen LogP) is 2.61. The molecule has 2 aromatic carbocycles. The van der Waals surface area contributed by atoms with Crippen LogP contribution in [-0.4, -0.2) is 21.7 Å². The maximum atomic E-state index is 6.05. The molecule has 1 aromatic heterocycles. The molecule has 0 radical (unpaired) electrons. The zero-order valence-electron chi connectivity index (χ0n) is 11.5. The lowest BCUT2D eigenvalue weighted by Gasteiger charge is -2.04. The Morgan fingerprint density at radius 3 is 2.90 bits per heavy atom. The Morgan fingerprint density at radius 1 is 1.19 bits per heavy atom. The normalized spacial score (nSPS) is 11.8. The predicted molar refractivity (Wildman–Crippen MR) is 84.8 cm³/mol. The molecule has 0 unspecified atom stereocenters. The smallest absolute Gasteiger partial charge is 0.126 e. The second-order valence-corrected chi connectivity index (χ2v) is 5.05. The fourth-order valence-electron chi connectivity index (χ4n) is 1.98. The van der Waals surface area contributed by atoms with E-state index >= 15 is 0 Å². The Balaban J connectivity index is 1.81. The van der Waals surface area contributed by atoms with Crippen molar-refractivity contribution in [3.05, 3.63) is 53.6 Å². The van der Waals surface area contributed by atoms with Crippen LogP contribution in [0.3, 0.4) is 0 Å². The first-order valence-electron chi connectivity index (χ1n) is 6.42. The highest BCUT2D eigenvalue weighted by molar-refractivity contribution is 7.00. The zero-order chi connectivity index (χ0) is 14.7. The monoisotopic (exact) mass is 298 g/mol. The Morgan fingerprint density at radius 2 is 2.05 bits per heavy atom. The van der Waals surface area contributed by atoms with Crippen molar-refractivity contribution < 1.29 is 4.74 Å². The third-order valence-corrected chi connectivity index (χ3v) is 3.67. The van der Waals surface area contributed by atoms with Gasteiger partial charge in [-0.25, -0.2) is 0 Å². The van der Waals surface area contributed by atoms with Gasteiger partial charge in [-0.2, -0.15) is 8.75 Å². The van der Waals surface area contributed by atoms with Gasteiger partial charge in [-0.15, -0.1) is 0 Å². The van der Waals surface area contributed by atoms with E-state index in [0.29, 0.717) is 12.4 Å². The van der Waals surface area contributed by atoms with Gasteiger partial charge in [-0.05, 0) is 35.9 Å². The number of aliphatic imine (C=N–C) groups is 1. The first-order valence-corrected chi connectivity index (χ1v) is 7.15. The van der Waals surface area contributed by atoms with E-state index in [-0.39, 0.29) is 0 Å². The van der Waals surface area contributed by atoms with Crippen LogP contribution in [0.1, 0.15) is 11.1 Å². The number of benzene rings is 2. The first kappa shape index (κ1) is 13.5. The number of nitrogens with zero attached hydrogens (tertiary/aromatic N) is 3. The topological polar surface area (TPSA) is 73.4 Å². The molecule has 106 valence electrons. The zero-order valence-corrected chi connectivity index (χ0v) is 12.3. The third-order valence-electron chi connectivity index (χ3n) is 3.12. The molecule has 0 spiro atoms. The van der Waals surface area contributed by atoms with Gasteiger partial charge in [-0.1, -0.05) is 12.1 Å². The number of methoxy groups -OCH3 is 1. The second-order valence-electron chi connectivity index (χ2n) is 4.52. The number of fused-ring (bicyclic) bond motifs is 1. The molecule has 2 N–H and O–H groups in total. The van der Waals surface area contributed by atoms with Gasteiger partial charge in [0.25, 0.3) is 0 Å². The maximum Gasteiger partial charge on any atom is 0.126 e. The molecule has 0 saturated carbocycles. The summed E-state index contributed by atoms with van der Waals surface area (Å²) in [5, 5.41) is 0. The van der Waals surface area contributed by atoms with Gasteiger partial charge in [0, 0.05) is 5.56 Å². The summed E-state index contributed by atoms with van der Waals surface area (Å²) < 4.78 is 13.6. The van der Waals surface area contributed by atoms with Crippen molar-refractivity contribution in [3.63, 3.8) is 0 Å². The lowest BCUT2D eigenvalue weighted by atomic mass is 10.2. The minimum absolute atomic E-state index is 0.493. The Hall–Kier alpha value is -2.47. The summed E-state index contributed by atoms with van der Waals surface area (Å²) in [4.78, 5) is 4.43. The summed E-state index contributed by atoms with van der Waals surface area (Å²) in [6.07, 6.45) is 0. The van der Waals surface area contributed by atoms with Crippen molar-refractivity contribution in [2.24, 2.45) is 10.7 Å². The summed E-state index contributed by atoms with van der Waals surface area (Å²) in [6.45, 7) is 0.510. The van der Waals surface area contributed by atoms with Gasteiger partial charge in [0.1, 0.15) is 22.6 Å². The molecule has 0 aliphatic heterocycles. The Labute approximate surface area is 126 Å². The maximum absolute atomic E-state index is 6.05. The number of nitrogens with two attached hydrogens (primary N) is 1. The van der Waals surface area contributed by atoms with Crippen LogP contribution in [0.15, 0.2) is 47.5 Å². The second kappa shape index (κ2) is 5.88. The van der Waals surface area contributed by atoms with Gasteiger partial charge in [0.15, 0.2) is 0 Å². The molecule has 3 aromatic rings. The molecular weight excluding hydrogens is 284 g/mol. The van der Waals surface area contributed by atoms with Crippen molar-refractivity contribution >= 4 is 28.6 Å². The summed E-state index contributed by atoms with van der Waals surface area (Å²) in [6, 6.07) is 13.5. The van der Waals surface area contributed by atoms with Crippen molar-refractivity contribution in [2.75, 3.05) is 7.11 Å². The summed E-state index contributed by atoms with van der Waals surface area (Å²) in [5.41, 5.74) is 9.68. The molecule has 5 nitrogen and oxygen atoms in total. The molecule has 0 fully saturated rings. The molecule has 0 aliphatic carbocycles. The molecule has 0 amide bonds. The van der Waals surface area contributed by atoms with Crippen molar-refractivity contribution in [2.45, 2.75) is 6.54 Å². The number of rotatable bonds is 4. The van der Waals surface area contributed by atoms with E-state index in [1.165, 1.54) is 11.7 Å². The molecule has 0 aliphatic rings. The first-order chi connectivity index (χ1) is 10.3. The van der Waals surface area contributed by atoms with Crippen LogP contribution in [0.5, 0.6) is 5.75 Å². The molecule has 0 atom stereocenters. The fraction of sp³-hybridized carbons (Fsp3) is 0.133. The molecule has 1 heterocycles. The van der Waals surface area contributed by atoms with Crippen molar-refractivity contribution in [1.29, 1.82) is 0 Å². The summed E-state index contributed by atoms with van der Waals surface area (Å²) in [7, 11) is 1.65. The van der Waals surface area contributed by atoms with E-state index in [9.17, 15) is 0 Å². The molecule has 21 heavy (non-hydrogen) atoms. The van der Waals surface area contributed by atoms with E-state index in [1.807, 2.05) is 42.5 Å². The van der Waals surface area contributed by atoms with E-state index in [0.717, 1.165) is 27.9 Å². The summed E-state index contributed by atoms with van der Waals surface area (Å²) in [5.74, 6) is 1.31. The number of hydrogen-bond donors (Lipinski definition) is 1. The van der Waals surface area contributed by atoms with Crippen LogP contribution < -0.4 is 10.5 Å². The molecule has 0 bridgehead atoms. The molecule has 3 rings (SSSR count). The Bertz CT molecular complexity index is 797. The van der Waals surface area contributed by atoms with E-state index in [2.05, 4.69) is 13.7 Å². The highest BCUT2D eigenvalue weighted by atomic mass is 32.1. The number of ether oxygens (including phenoxy) is 1. The van der Waals surface area contributed by atoms with Gasteiger partial charge < -0.3 is 10.5 Å². The van der Waals surface area contributed by atoms with Gasteiger partial charge in [0.05, 0.1) is 25.4 Å². The third kappa shape index (κ3) is 3.00. The average molecular weight is 298 g/mol. The van der Waals surface area contributed by atoms with E-state index in [4.69, 9.17) is 10.5 Å². The van der Waals surface area contributed by atoms with E-state index < -0.39 is 0 Å². The van der Waals surface area contributed by atoms with Gasteiger partial charge in [-0.3, -0.25) is 4.99 Å². The Kier molecular flexibility index (Phi) is 3.79. The standard InChI is InChI=1S/C15H14N4OS/c1-20-12-4-2-3-10(7-12)9-17-15(16)11-5-6-13-14(8-11)19-21-18-13/h2-8H,9H2,1H3,(H2,16,17). The van der Waals surface area contributed by atoms with Crippen molar-refractivity contribution in [3.8, 4) is 5.75 Å². The van der Waals surface area contributed by atoms with Crippen molar-refractivity contribution in [1.82, 2.24) is 8.75 Å². The van der Waals surface area contributed by atoms with E-state index in [1.54, 1.807) is 7.11 Å². The van der Waals surface area contributed by atoms with Crippen LogP contribution in [-0.2, 0) is 6.54 Å². The van der Waals surface area contributed by atoms with Crippen LogP contribution in [0, 0.1) is 0 Å². The lowest BCUT2D eigenvalue weighted by Crippen LogP contribution is -2.13. The van der Waals surface area contributed by atoms with Crippen LogP contribution >= 0.6 is 11.7 Å². The molecule has 6 heteroatoms. The van der Waals surface area contributed by atoms with Gasteiger partial charge in [0.2, 0.25) is 0 Å². The van der Waals surface area contributed by atoms with Gasteiger partial charge >= 0.3 is 0 Å². The highest BCUT2D eigenvalue weighted by Gasteiger charge is 2.03. The minimum atomic E-state index is 0.493. The summed E-state index contributed by atoms with van der Waals surface area (Å²) >= 11 is 1.19. The van der Waals surface area contributed by atoms with Crippen LogP contribution in [0.25, 0.3) is 11.0 Å².